The molecule has 1 heterocycles. The summed E-state index contributed by atoms with van der Waals surface area (Å²) in [5, 5.41) is 1.01. The fourth-order valence-electron chi connectivity index (χ4n) is 0.796. The van der Waals surface area contributed by atoms with E-state index in [0.717, 1.165) is 17.2 Å². The minimum atomic E-state index is 0.150. The summed E-state index contributed by atoms with van der Waals surface area (Å²) < 4.78 is 0. The van der Waals surface area contributed by atoms with E-state index in [0.29, 0.717) is 0 Å². The molecule has 2 nitrogen and oxygen atoms in total. The van der Waals surface area contributed by atoms with Crippen LogP contribution in [0.4, 0.5) is 0 Å². The van der Waals surface area contributed by atoms with Crippen molar-refractivity contribution in [3.8, 4) is 11.8 Å². The summed E-state index contributed by atoms with van der Waals surface area (Å²) in [6.07, 6.45) is 2.56. The SMILES string of the molecule is CC(=O)SCCC#Cc1ncc(C)s1. The van der Waals surface area contributed by atoms with Gasteiger partial charge in [-0.05, 0) is 12.8 Å². The maximum atomic E-state index is 10.6. The van der Waals surface area contributed by atoms with Crippen molar-refractivity contribution >= 4 is 28.2 Å². The first kappa shape index (κ1) is 11.3. The summed E-state index contributed by atoms with van der Waals surface area (Å²) in [5.74, 6) is 6.74. The molecule has 0 atom stereocenters. The minimum absolute atomic E-state index is 0.150. The maximum Gasteiger partial charge on any atom is 0.185 e. The van der Waals surface area contributed by atoms with Gasteiger partial charge in [-0.25, -0.2) is 4.98 Å². The highest BCUT2D eigenvalue weighted by atomic mass is 32.2. The number of thioether (sulfide) groups is 1. The van der Waals surface area contributed by atoms with E-state index in [2.05, 4.69) is 16.8 Å². The van der Waals surface area contributed by atoms with Gasteiger partial charge in [0, 0.05) is 30.2 Å². The summed E-state index contributed by atoms with van der Waals surface area (Å²) in [4.78, 5) is 15.9. The van der Waals surface area contributed by atoms with Crippen LogP contribution in [0.3, 0.4) is 0 Å². The van der Waals surface area contributed by atoms with E-state index < -0.39 is 0 Å². The van der Waals surface area contributed by atoms with E-state index in [-0.39, 0.29) is 5.12 Å². The van der Waals surface area contributed by atoms with Crippen LogP contribution in [0.25, 0.3) is 0 Å². The lowest BCUT2D eigenvalue weighted by atomic mass is 10.5. The molecule has 4 heteroatoms. The van der Waals surface area contributed by atoms with Gasteiger partial charge in [0.2, 0.25) is 0 Å². The van der Waals surface area contributed by atoms with Crippen molar-refractivity contribution in [2.24, 2.45) is 0 Å². The van der Waals surface area contributed by atoms with Gasteiger partial charge in [0.25, 0.3) is 0 Å². The number of nitrogens with zero attached hydrogens (tertiary/aromatic N) is 1. The van der Waals surface area contributed by atoms with Crippen molar-refractivity contribution in [3.05, 3.63) is 16.1 Å². The number of hydrogen-bond donors (Lipinski definition) is 0. The van der Waals surface area contributed by atoms with E-state index in [1.54, 1.807) is 18.3 Å². The van der Waals surface area contributed by atoms with Crippen LogP contribution >= 0.6 is 23.1 Å². The Kier molecular flexibility index (Phi) is 4.71. The molecule has 0 N–H and O–H groups in total. The predicted molar refractivity (Wildman–Crippen MR) is 61.5 cm³/mol. The lowest BCUT2D eigenvalue weighted by Gasteiger charge is -1.87. The number of hydrogen-bond acceptors (Lipinski definition) is 4. The number of carbonyl (C=O) groups excluding carboxylic acids is 1. The summed E-state index contributed by atoms with van der Waals surface area (Å²) in [7, 11) is 0. The van der Waals surface area contributed by atoms with Gasteiger partial charge in [0.1, 0.15) is 0 Å². The normalized spacial score (nSPS) is 9.29. The third kappa shape index (κ3) is 4.45. The second kappa shape index (κ2) is 5.84. The predicted octanol–water partition coefficient (Wildman–Crippen LogP) is 2.47. The molecule has 0 radical (unpaired) electrons. The van der Waals surface area contributed by atoms with Crippen LogP contribution in [-0.2, 0) is 4.79 Å². The Balaban J connectivity index is 2.30. The fourth-order valence-corrected chi connectivity index (χ4v) is 1.93. The first-order valence-electron chi connectivity index (χ1n) is 4.23. The molecule has 1 aromatic heterocycles. The molecular formula is C10H11NOS2. The maximum absolute atomic E-state index is 10.6. The van der Waals surface area contributed by atoms with Gasteiger partial charge in [0.15, 0.2) is 10.1 Å². The van der Waals surface area contributed by atoms with E-state index in [1.165, 1.54) is 16.6 Å². The number of aromatic nitrogens is 1. The van der Waals surface area contributed by atoms with Crippen LogP contribution in [0, 0.1) is 18.8 Å². The van der Waals surface area contributed by atoms with Crippen molar-refractivity contribution in [1.82, 2.24) is 4.98 Å². The molecule has 0 aromatic carbocycles. The molecule has 0 unspecified atom stereocenters. The molecule has 0 bridgehead atoms. The molecule has 0 aliphatic rings. The average molecular weight is 225 g/mol. The molecule has 0 saturated carbocycles. The summed E-state index contributed by atoms with van der Waals surface area (Å²) in [6, 6.07) is 0. The molecular weight excluding hydrogens is 214 g/mol. The molecule has 1 rings (SSSR count). The van der Waals surface area contributed by atoms with Gasteiger partial charge in [-0.1, -0.05) is 17.7 Å². The topological polar surface area (TPSA) is 30.0 Å². The van der Waals surface area contributed by atoms with Gasteiger partial charge < -0.3 is 0 Å². The Morgan fingerprint density at radius 2 is 2.50 bits per heavy atom. The summed E-state index contributed by atoms with van der Waals surface area (Å²) in [5.41, 5.74) is 0. The first-order valence-corrected chi connectivity index (χ1v) is 6.03. The van der Waals surface area contributed by atoms with Crippen LogP contribution in [0.5, 0.6) is 0 Å². The first-order chi connectivity index (χ1) is 6.68. The van der Waals surface area contributed by atoms with Gasteiger partial charge in [-0.15, -0.1) is 11.3 Å². The van der Waals surface area contributed by atoms with Crippen molar-refractivity contribution in [1.29, 1.82) is 0 Å². The van der Waals surface area contributed by atoms with Crippen LogP contribution in [0.1, 0.15) is 23.2 Å². The molecule has 0 aliphatic carbocycles. The van der Waals surface area contributed by atoms with Crippen LogP contribution in [0.15, 0.2) is 6.20 Å². The van der Waals surface area contributed by atoms with Crippen LogP contribution in [0.2, 0.25) is 0 Å². The highest BCUT2D eigenvalue weighted by molar-refractivity contribution is 8.13. The average Bonchev–Trinajstić information content (AvgIpc) is 2.50. The van der Waals surface area contributed by atoms with Gasteiger partial charge >= 0.3 is 0 Å². The highest BCUT2D eigenvalue weighted by Gasteiger charge is 1.93. The smallest absolute Gasteiger partial charge is 0.185 e. The third-order valence-corrected chi connectivity index (χ3v) is 2.99. The van der Waals surface area contributed by atoms with Crippen LogP contribution < -0.4 is 0 Å². The third-order valence-electron chi connectivity index (χ3n) is 1.35. The number of aryl methyl sites for hydroxylation is 1. The fraction of sp³-hybridized carbons (Fsp3) is 0.400. The van der Waals surface area contributed by atoms with Gasteiger partial charge in [-0.2, -0.15) is 0 Å². The zero-order valence-electron chi connectivity index (χ0n) is 8.16. The van der Waals surface area contributed by atoms with E-state index in [1.807, 2.05) is 13.1 Å². The molecule has 74 valence electrons. The lowest BCUT2D eigenvalue weighted by molar-refractivity contribution is -0.109. The number of thiazole rings is 1. The molecule has 14 heavy (non-hydrogen) atoms. The number of rotatable bonds is 2. The Hall–Kier alpha value is -0.790. The molecule has 0 fully saturated rings. The highest BCUT2D eigenvalue weighted by Crippen LogP contribution is 2.09. The van der Waals surface area contributed by atoms with Crippen molar-refractivity contribution < 1.29 is 4.79 Å². The van der Waals surface area contributed by atoms with Crippen molar-refractivity contribution in [2.75, 3.05) is 5.75 Å². The number of carbonyl (C=O) groups is 1. The van der Waals surface area contributed by atoms with E-state index in [9.17, 15) is 4.79 Å². The van der Waals surface area contributed by atoms with E-state index in [4.69, 9.17) is 0 Å². The van der Waals surface area contributed by atoms with Gasteiger partial charge in [-0.3, -0.25) is 4.79 Å². The lowest BCUT2D eigenvalue weighted by Crippen LogP contribution is -1.83. The zero-order chi connectivity index (χ0) is 10.4. The minimum Gasteiger partial charge on any atom is -0.288 e. The second-order valence-corrected chi connectivity index (χ2v) is 5.17. The quantitative estimate of drug-likeness (QED) is 0.572. The standard InChI is InChI=1S/C10H11NOS2/c1-8-7-11-10(14-8)5-3-4-6-13-9(2)12/h7H,4,6H2,1-2H3. The van der Waals surface area contributed by atoms with Crippen molar-refractivity contribution in [3.63, 3.8) is 0 Å². The summed E-state index contributed by atoms with van der Waals surface area (Å²) in [6.45, 7) is 3.58. The molecule has 0 saturated heterocycles. The van der Waals surface area contributed by atoms with E-state index >= 15 is 0 Å². The Morgan fingerprint density at radius 3 is 3.07 bits per heavy atom. The molecule has 0 amide bonds. The Morgan fingerprint density at radius 1 is 1.71 bits per heavy atom. The van der Waals surface area contributed by atoms with Crippen molar-refractivity contribution in [2.45, 2.75) is 20.3 Å². The monoisotopic (exact) mass is 225 g/mol. The summed E-state index contributed by atoms with van der Waals surface area (Å²) >= 11 is 2.91. The zero-order valence-corrected chi connectivity index (χ0v) is 9.80. The van der Waals surface area contributed by atoms with Crippen LogP contribution in [-0.4, -0.2) is 15.9 Å². The Labute approximate surface area is 92.1 Å². The van der Waals surface area contributed by atoms with Gasteiger partial charge in [0.05, 0.1) is 0 Å². The largest absolute Gasteiger partial charge is 0.288 e. The molecule has 0 spiro atoms. The second-order valence-electron chi connectivity index (χ2n) is 2.67. The Bertz CT molecular complexity index is 373. The molecule has 0 aliphatic heterocycles. The molecule has 1 aromatic rings.